The number of hydrogen-bond acceptors (Lipinski definition) is 6. The fourth-order valence-electron chi connectivity index (χ4n) is 4.09. The predicted octanol–water partition coefficient (Wildman–Crippen LogP) is 4.05. The zero-order chi connectivity index (χ0) is 20.7. The molecule has 5 rings (SSSR count). The molecular formula is C22H23ClN4O2S2. The molecule has 4 heterocycles. The van der Waals surface area contributed by atoms with Crippen molar-refractivity contribution in [2.24, 2.45) is 0 Å². The molecule has 0 radical (unpaired) electrons. The standard InChI is InChI=1S/C22H22N4O2S2.ClH/c1-14-24-16(13-29-14)12-25-18-11-19(15-5-3-2-4-6-15)30-20(18)21(27)26(22(25)28)17-7-9-23-10-8-17;/h2-6,11,13,17,23H,7-10,12H2,1H3;1H. The fraction of sp³-hybridized carbons (Fsp3) is 0.318. The number of nitrogens with one attached hydrogen (secondary N) is 1. The van der Waals surface area contributed by atoms with Crippen molar-refractivity contribution in [2.45, 2.75) is 32.4 Å². The summed E-state index contributed by atoms with van der Waals surface area (Å²) in [5.41, 5.74) is 2.20. The smallest absolute Gasteiger partial charge is 0.317 e. The summed E-state index contributed by atoms with van der Waals surface area (Å²) in [6.07, 6.45) is 1.57. The van der Waals surface area contributed by atoms with E-state index in [0.29, 0.717) is 16.8 Å². The van der Waals surface area contributed by atoms with E-state index >= 15 is 0 Å². The molecule has 1 N–H and O–H groups in total. The Balaban J connectivity index is 0.00000231. The zero-order valence-electron chi connectivity index (χ0n) is 17.0. The Morgan fingerprint density at radius 1 is 1.16 bits per heavy atom. The van der Waals surface area contributed by atoms with Crippen molar-refractivity contribution in [3.05, 3.63) is 73.3 Å². The van der Waals surface area contributed by atoms with Crippen LogP contribution in [0.25, 0.3) is 20.7 Å². The number of benzene rings is 1. The van der Waals surface area contributed by atoms with Crippen LogP contribution in [0.1, 0.15) is 29.6 Å². The van der Waals surface area contributed by atoms with Gasteiger partial charge < -0.3 is 5.32 Å². The lowest BCUT2D eigenvalue weighted by Crippen LogP contribution is -2.45. The van der Waals surface area contributed by atoms with E-state index in [0.717, 1.165) is 47.1 Å². The topological polar surface area (TPSA) is 68.9 Å². The Morgan fingerprint density at radius 3 is 2.58 bits per heavy atom. The van der Waals surface area contributed by atoms with Gasteiger partial charge >= 0.3 is 5.69 Å². The predicted molar refractivity (Wildman–Crippen MR) is 130 cm³/mol. The van der Waals surface area contributed by atoms with Gasteiger partial charge in [0.25, 0.3) is 5.56 Å². The van der Waals surface area contributed by atoms with E-state index < -0.39 is 0 Å². The van der Waals surface area contributed by atoms with Gasteiger partial charge in [0.05, 0.1) is 22.8 Å². The lowest BCUT2D eigenvalue weighted by atomic mass is 10.1. The minimum absolute atomic E-state index is 0. The zero-order valence-corrected chi connectivity index (χ0v) is 19.5. The molecule has 6 nitrogen and oxygen atoms in total. The van der Waals surface area contributed by atoms with Gasteiger partial charge in [0.2, 0.25) is 0 Å². The van der Waals surface area contributed by atoms with Crippen LogP contribution < -0.4 is 16.6 Å². The monoisotopic (exact) mass is 474 g/mol. The van der Waals surface area contributed by atoms with Crippen LogP contribution >= 0.6 is 35.1 Å². The second kappa shape index (κ2) is 9.08. The van der Waals surface area contributed by atoms with Crippen molar-refractivity contribution < 1.29 is 0 Å². The van der Waals surface area contributed by atoms with Crippen molar-refractivity contribution in [2.75, 3.05) is 13.1 Å². The summed E-state index contributed by atoms with van der Waals surface area (Å²) >= 11 is 3.04. The summed E-state index contributed by atoms with van der Waals surface area (Å²) in [7, 11) is 0. The van der Waals surface area contributed by atoms with Crippen LogP contribution in [0.4, 0.5) is 0 Å². The summed E-state index contributed by atoms with van der Waals surface area (Å²) in [4.78, 5) is 32.5. The molecule has 3 aromatic heterocycles. The Hall–Kier alpha value is -2.26. The number of aromatic nitrogens is 3. The van der Waals surface area contributed by atoms with Gasteiger partial charge in [-0.15, -0.1) is 35.1 Å². The summed E-state index contributed by atoms with van der Waals surface area (Å²) in [5.74, 6) is 0. The highest BCUT2D eigenvalue weighted by Crippen LogP contribution is 2.32. The first-order chi connectivity index (χ1) is 14.6. The van der Waals surface area contributed by atoms with Crippen LogP contribution in [0.5, 0.6) is 0 Å². The van der Waals surface area contributed by atoms with E-state index in [1.54, 1.807) is 15.9 Å². The second-order valence-corrected chi connectivity index (χ2v) is 9.69. The van der Waals surface area contributed by atoms with E-state index in [4.69, 9.17) is 0 Å². The molecule has 0 bridgehead atoms. The van der Waals surface area contributed by atoms with E-state index in [1.807, 2.05) is 48.7 Å². The third-order valence-corrected chi connectivity index (χ3v) is 7.56. The Labute approximate surface area is 193 Å². The van der Waals surface area contributed by atoms with Gasteiger partial charge in [-0.2, -0.15) is 0 Å². The highest BCUT2D eigenvalue weighted by molar-refractivity contribution is 7.22. The van der Waals surface area contributed by atoms with Crippen LogP contribution in [0.15, 0.2) is 51.4 Å². The van der Waals surface area contributed by atoms with Crippen LogP contribution in [-0.2, 0) is 6.54 Å². The Bertz CT molecular complexity index is 1320. The van der Waals surface area contributed by atoms with Crippen molar-refractivity contribution >= 4 is 45.3 Å². The maximum atomic E-state index is 13.5. The molecule has 0 atom stereocenters. The first-order valence-corrected chi connectivity index (χ1v) is 11.8. The van der Waals surface area contributed by atoms with Gasteiger partial charge in [0.15, 0.2) is 0 Å². The molecule has 1 saturated heterocycles. The van der Waals surface area contributed by atoms with Crippen LogP contribution in [0.2, 0.25) is 0 Å². The molecule has 1 aliphatic heterocycles. The second-order valence-electron chi connectivity index (χ2n) is 7.57. The molecular weight excluding hydrogens is 452 g/mol. The number of thiophene rings is 1. The molecule has 1 aliphatic rings. The van der Waals surface area contributed by atoms with Crippen molar-refractivity contribution in [1.82, 2.24) is 19.4 Å². The average molecular weight is 475 g/mol. The maximum absolute atomic E-state index is 13.5. The highest BCUT2D eigenvalue weighted by Gasteiger charge is 2.24. The van der Waals surface area contributed by atoms with Gasteiger partial charge in [-0.1, -0.05) is 30.3 Å². The number of aryl methyl sites for hydroxylation is 1. The molecule has 0 spiro atoms. The number of nitrogens with zero attached hydrogens (tertiary/aromatic N) is 3. The first kappa shape index (κ1) is 22.0. The molecule has 0 amide bonds. The minimum atomic E-state index is -0.234. The third kappa shape index (κ3) is 4.13. The summed E-state index contributed by atoms with van der Waals surface area (Å²) in [6.45, 7) is 3.97. The number of piperidine rings is 1. The highest BCUT2D eigenvalue weighted by atomic mass is 35.5. The number of halogens is 1. The lowest BCUT2D eigenvalue weighted by molar-refractivity contribution is 0.346. The summed E-state index contributed by atoms with van der Waals surface area (Å²) < 4.78 is 3.86. The number of fused-ring (bicyclic) bond motifs is 1. The maximum Gasteiger partial charge on any atom is 0.332 e. The first-order valence-electron chi connectivity index (χ1n) is 10.1. The summed E-state index contributed by atoms with van der Waals surface area (Å²) in [5, 5.41) is 6.27. The molecule has 1 fully saturated rings. The van der Waals surface area contributed by atoms with Crippen molar-refractivity contribution in [3.8, 4) is 10.4 Å². The molecule has 0 aliphatic carbocycles. The van der Waals surface area contributed by atoms with E-state index in [2.05, 4.69) is 10.3 Å². The van der Waals surface area contributed by atoms with Crippen LogP contribution in [0.3, 0.4) is 0 Å². The van der Waals surface area contributed by atoms with Gasteiger partial charge in [-0.3, -0.25) is 13.9 Å². The molecule has 162 valence electrons. The molecule has 31 heavy (non-hydrogen) atoms. The van der Waals surface area contributed by atoms with Crippen molar-refractivity contribution in [3.63, 3.8) is 0 Å². The van der Waals surface area contributed by atoms with Gasteiger partial charge in [0.1, 0.15) is 4.70 Å². The van der Waals surface area contributed by atoms with Gasteiger partial charge in [-0.05, 0) is 44.5 Å². The number of rotatable bonds is 4. The minimum Gasteiger partial charge on any atom is -0.317 e. The van der Waals surface area contributed by atoms with Crippen molar-refractivity contribution in [1.29, 1.82) is 0 Å². The Kier molecular flexibility index (Phi) is 6.43. The molecule has 9 heteroatoms. The number of hydrogen-bond donors (Lipinski definition) is 1. The van der Waals surface area contributed by atoms with E-state index in [9.17, 15) is 9.59 Å². The Morgan fingerprint density at radius 2 is 1.90 bits per heavy atom. The molecule has 0 unspecified atom stereocenters. The summed E-state index contributed by atoms with van der Waals surface area (Å²) in [6, 6.07) is 11.9. The molecule has 1 aromatic carbocycles. The van der Waals surface area contributed by atoms with E-state index in [1.165, 1.54) is 15.9 Å². The van der Waals surface area contributed by atoms with Crippen LogP contribution in [0, 0.1) is 6.92 Å². The largest absolute Gasteiger partial charge is 0.332 e. The SMILES string of the molecule is Cc1nc(Cn2c(=O)n(C3CCNCC3)c(=O)c3sc(-c4ccccc4)cc32)cs1.Cl. The van der Waals surface area contributed by atoms with E-state index in [-0.39, 0.29) is 29.7 Å². The van der Waals surface area contributed by atoms with Crippen LogP contribution in [-0.4, -0.2) is 27.2 Å². The average Bonchev–Trinajstić information content (AvgIpc) is 3.39. The molecule has 0 saturated carbocycles. The van der Waals surface area contributed by atoms with Gasteiger partial charge in [-0.25, -0.2) is 9.78 Å². The third-order valence-electron chi connectivity index (χ3n) is 5.57. The lowest BCUT2D eigenvalue weighted by Gasteiger charge is -2.24. The molecule has 4 aromatic rings. The number of thiazole rings is 1. The normalized spacial score (nSPS) is 14.6. The quantitative estimate of drug-likeness (QED) is 0.484. The van der Waals surface area contributed by atoms with Gasteiger partial charge in [0, 0.05) is 16.3 Å². The fourth-order valence-corrected chi connectivity index (χ4v) is 5.80.